The predicted octanol–water partition coefficient (Wildman–Crippen LogP) is 6.14. The average molecular weight is 385 g/mol. The van der Waals surface area contributed by atoms with Crippen molar-refractivity contribution in [3.05, 3.63) is 57.5 Å². The number of nitrogens with one attached hydrogen (secondary N) is 1. The van der Waals surface area contributed by atoms with Crippen LogP contribution in [-0.2, 0) is 6.54 Å². The molecule has 1 nitrogen and oxygen atoms in total. The first-order valence-corrected chi connectivity index (χ1v) is 8.79. The number of hydrogen-bond donors (Lipinski definition) is 1. The van der Waals surface area contributed by atoms with Gasteiger partial charge in [0.25, 0.3) is 0 Å². The van der Waals surface area contributed by atoms with Crippen LogP contribution in [0.4, 0.5) is 0 Å². The second-order valence-electron chi connectivity index (χ2n) is 5.92. The van der Waals surface area contributed by atoms with E-state index in [1.165, 1.54) is 10.5 Å². The molecule has 0 unspecified atom stereocenters. The summed E-state index contributed by atoms with van der Waals surface area (Å²) in [4.78, 5) is 2.39. The summed E-state index contributed by atoms with van der Waals surface area (Å²) in [6.45, 7) is 7.38. The minimum atomic E-state index is 0.102. The van der Waals surface area contributed by atoms with Gasteiger partial charge in [-0.25, -0.2) is 0 Å². The summed E-state index contributed by atoms with van der Waals surface area (Å²) in [5, 5.41) is 4.31. The van der Waals surface area contributed by atoms with E-state index in [0.717, 1.165) is 20.9 Å². The van der Waals surface area contributed by atoms with Gasteiger partial charge >= 0.3 is 0 Å². The molecule has 0 amide bonds. The van der Waals surface area contributed by atoms with Gasteiger partial charge in [0.15, 0.2) is 0 Å². The van der Waals surface area contributed by atoms with Crippen LogP contribution in [0.15, 0.2) is 56.7 Å². The van der Waals surface area contributed by atoms with Crippen molar-refractivity contribution in [2.24, 2.45) is 0 Å². The molecule has 0 bridgehead atoms. The lowest BCUT2D eigenvalue weighted by Gasteiger charge is -2.21. The molecule has 112 valence electrons. The molecule has 0 aliphatic carbocycles. The first kappa shape index (κ1) is 16.9. The van der Waals surface area contributed by atoms with E-state index in [0.29, 0.717) is 0 Å². The van der Waals surface area contributed by atoms with Gasteiger partial charge in [-0.15, -0.1) is 0 Å². The molecule has 0 saturated carbocycles. The quantitative estimate of drug-likeness (QED) is 0.679. The average Bonchev–Trinajstić information content (AvgIpc) is 2.36. The van der Waals surface area contributed by atoms with Gasteiger partial charge < -0.3 is 5.32 Å². The van der Waals surface area contributed by atoms with Gasteiger partial charge in [0, 0.05) is 31.4 Å². The molecule has 2 aromatic carbocycles. The summed E-state index contributed by atoms with van der Waals surface area (Å²) >= 11 is 11.4. The highest BCUT2D eigenvalue weighted by Crippen LogP contribution is 2.33. The maximum absolute atomic E-state index is 6.07. The zero-order valence-electron chi connectivity index (χ0n) is 12.4. The van der Waals surface area contributed by atoms with Gasteiger partial charge in [-0.05, 0) is 56.7 Å². The van der Waals surface area contributed by atoms with Gasteiger partial charge in [0.05, 0.1) is 0 Å². The van der Waals surface area contributed by atoms with Crippen LogP contribution in [0.2, 0.25) is 5.02 Å². The Hall–Kier alpha value is -0.480. The summed E-state index contributed by atoms with van der Waals surface area (Å²) in [6.07, 6.45) is 0. The molecule has 4 heteroatoms. The Morgan fingerprint density at radius 1 is 1.14 bits per heavy atom. The molecule has 0 fully saturated rings. The molecule has 2 aromatic rings. The van der Waals surface area contributed by atoms with Crippen LogP contribution >= 0.6 is 39.3 Å². The zero-order chi connectivity index (χ0) is 15.5. The lowest BCUT2D eigenvalue weighted by Crippen LogP contribution is -2.35. The van der Waals surface area contributed by atoms with Gasteiger partial charge in [0.2, 0.25) is 0 Å². The highest BCUT2D eigenvalue weighted by atomic mass is 79.9. The fourth-order valence-corrected chi connectivity index (χ4v) is 3.60. The Bertz CT molecular complexity index is 622. The standard InChI is InChI=1S/C17H19BrClNS/c1-17(2,3)20-11-12-7-8-13(18)9-16(12)21-15-6-4-5-14(19)10-15/h4-10,20H,11H2,1-3H3. The van der Waals surface area contributed by atoms with Crippen molar-refractivity contribution in [2.75, 3.05) is 0 Å². The van der Waals surface area contributed by atoms with Gasteiger partial charge in [-0.3, -0.25) is 0 Å². The van der Waals surface area contributed by atoms with E-state index in [-0.39, 0.29) is 5.54 Å². The third-order valence-corrected chi connectivity index (χ3v) is 4.68. The molecule has 21 heavy (non-hydrogen) atoms. The topological polar surface area (TPSA) is 12.0 Å². The van der Waals surface area contributed by atoms with Crippen molar-refractivity contribution in [3.8, 4) is 0 Å². The lowest BCUT2D eigenvalue weighted by atomic mass is 10.1. The van der Waals surface area contributed by atoms with Crippen LogP contribution in [0, 0.1) is 0 Å². The molecule has 2 rings (SSSR count). The SMILES string of the molecule is CC(C)(C)NCc1ccc(Br)cc1Sc1cccc(Cl)c1. The van der Waals surface area contributed by atoms with E-state index in [2.05, 4.69) is 66.3 Å². The minimum Gasteiger partial charge on any atom is -0.308 e. The molecule has 0 radical (unpaired) electrons. The zero-order valence-corrected chi connectivity index (χ0v) is 15.6. The highest BCUT2D eigenvalue weighted by molar-refractivity contribution is 9.10. The normalized spacial score (nSPS) is 11.7. The van der Waals surface area contributed by atoms with Gasteiger partial charge in [0.1, 0.15) is 0 Å². The molecular formula is C17H19BrClNS. The number of hydrogen-bond acceptors (Lipinski definition) is 2. The molecule has 0 aliphatic rings. The van der Waals surface area contributed by atoms with Crippen LogP contribution in [0.25, 0.3) is 0 Å². The van der Waals surface area contributed by atoms with Crippen LogP contribution in [0.5, 0.6) is 0 Å². The summed E-state index contributed by atoms with van der Waals surface area (Å²) in [5.74, 6) is 0. The lowest BCUT2D eigenvalue weighted by molar-refractivity contribution is 0.422. The van der Waals surface area contributed by atoms with Crippen molar-refractivity contribution in [1.29, 1.82) is 0 Å². The predicted molar refractivity (Wildman–Crippen MR) is 96.3 cm³/mol. The van der Waals surface area contributed by atoms with Gasteiger partial charge in [-0.1, -0.05) is 51.4 Å². The van der Waals surface area contributed by atoms with Gasteiger partial charge in [-0.2, -0.15) is 0 Å². The van der Waals surface area contributed by atoms with E-state index >= 15 is 0 Å². The summed E-state index contributed by atoms with van der Waals surface area (Å²) < 4.78 is 1.09. The first-order valence-electron chi connectivity index (χ1n) is 6.80. The molecular weight excluding hydrogens is 366 g/mol. The third kappa shape index (κ3) is 5.67. The van der Waals surface area contributed by atoms with Crippen molar-refractivity contribution in [3.63, 3.8) is 0 Å². The fourth-order valence-electron chi connectivity index (χ4n) is 1.79. The molecule has 0 heterocycles. The fraction of sp³-hybridized carbons (Fsp3) is 0.294. The Morgan fingerprint density at radius 2 is 1.90 bits per heavy atom. The van der Waals surface area contributed by atoms with E-state index in [9.17, 15) is 0 Å². The second kappa shape index (κ2) is 7.19. The molecule has 0 atom stereocenters. The van der Waals surface area contributed by atoms with Crippen LogP contribution < -0.4 is 5.32 Å². The van der Waals surface area contributed by atoms with E-state index in [1.54, 1.807) is 11.8 Å². The third-order valence-electron chi connectivity index (χ3n) is 2.86. The Labute approximate surface area is 144 Å². The van der Waals surface area contributed by atoms with E-state index in [4.69, 9.17) is 11.6 Å². The highest BCUT2D eigenvalue weighted by Gasteiger charge is 2.11. The summed E-state index contributed by atoms with van der Waals surface area (Å²) in [5.41, 5.74) is 1.39. The molecule has 0 spiro atoms. The molecule has 1 N–H and O–H groups in total. The van der Waals surface area contributed by atoms with Crippen molar-refractivity contribution < 1.29 is 0 Å². The molecule has 0 saturated heterocycles. The number of rotatable bonds is 4. The molecule has 0 aromatic heterocycles. The molecule has 0 aliphatic heterocycles. The van der Waals surface area contributed by atoms with Crippen molar-refractivity contribution in [2.45, 2.75) is 42.6 Å². The maximum atomic E-state index is 6.07. The van der Waals surface area contributed by atoms with E-state index < -0.39 is 0 Å². The van der Waals surface area contributed by atoms with Crippen molar-refractivity contribution in [1.82, 2.24) is 5.32 Å². The second-order valence-corrected chi connectivity index (χ2v) is 8.38. The van der Waals surface area contributed by atoms with E-state index in [1.807, 2.05) is 18.2 Å². The van der Waals surface area contributed by atoms with Crippen molar-refractivity contribution >= 4 is 39.3 Å². The largest absolute Gasteiger partial charge is 0.308 e. The minimum absolute atomic E-state index is 0.102. The van der Waals surface area contributed by atoms with Crippen LogP contribution in [0.1, 0.15) is 26.3 Å². The maximum Gasteiger partial charge on any atom is 0.0417 e. The smallest absolute Gasteiger partial charge is 0.0417 e. The number of halogens is 2. The Balaban J connectivity index is 2.23. The summed E-state index contributed by atoms with van der Waals surface area (Å²) in [7, 11) is 0. The Morgan fingerprint density at radius 3 is 2.57 bits per heavy atom. The monoisotopic (exact) mass is 383 g/mol. The Kier molecular flexibility index (Phi) is 5.78. The van der Waals surface area contributed by atoms with Crippen LogP contribution in [0.3, 0.4) is 0 Å². The first-order chi connectivity index (χ1) is 9.83. The summed E-state index contributed by atoms with van der Waals surface area (Å²) in [6, 6.07) is 14.4. The number of benzene rings is 2. The van der Waals surface area contributed by atoms with Crippen LogP contribution in [-0.4, -0.2) is 5.54 Å².